The van der Waals surface area contributed by atoms with Crippen LogP contribution >= 0.6 is 15.9 Å². The monoisotopic (exact) mass is 331 g/mol. The van der Waals surface area contributed by atoms with Gasteiger partial charge in [-0.3, -0.25) is 14.5 Å². The molecule has 1 heterocycles. The second-order valence-electron chi connectivity index (χ2n) is 5.95. The van der Waals surface area contributed by atoms with Crippen LogP contribution in [0.4, 0.5) is 5.69 Å². The first-order chi connectivity index (χ1) is 9.58. The molecule has 0 unspecified atom stereocenters. The van der Waals surface area contributed by atoms with Crippen molar-refractivity contribution in [2.45, 2.75) is 13.3 Å². The Morgan fingerprint density at radius 1 is 1.10 bits per heavy atom. The number of rotatable bonds is 1. The summed E-state index contributed by atoms with van der Waals surface area (Å²) in [5.74, 6) is 0.256. The molecule has 2 aliphatic carbocycles. The van der Waals surface area contributed by atoms with Crippen LogP contribution in [0, 0.1) is 30.6 Å². The largest absolute Gasteiger partial charge is 0.274 e. The summed E-state index contributed by atoms with van der Waals surface area (Å²) in [6, 6.07) is 5.63. The molecule has 1 saturated carbocycles. The van der Waals surface area contributed by atoms with Crippen LogP contribution in [0.1, 0.15) is 12.0 Å². The maximum Gasteiger partial charge on any atom is 0.238 e. The Labute approximate surface area is 125 Å². The van der Waals surface area contributed by atoms with Crippen LogP contribution < -0.4 is 4.90 Å². The van der Waals surface area contributed by atoms with Crippen LogP contribution in [0.2, 0.25) is 0 Å². The predicted molar refractivity (Wildman–Crippen MR) is 79.1 cm³/mol. The van der Waals surface area contributed by atoms with E-state index in [4.69, 9.17) is 0 Å². The van der Waals surface area contributed by atoms with E-state index in [0.717, 1.165) is 16.5 Å². The predicted octanol–water partition coefficient (Wildman–Crippen LogP) is 3.07. The summed E-state index contributed by atoms with van der Waals surface area (Å²) in [5.41, 5.74) is 1.73. The number of aryl methyl sites for hydroxylation is 1. The lowest BCUT2D eigenvalue weighted by atomic mass is 9.85. The Kier molecular flexibility index (Phi) is 2.49. The summed E-state index contributed by atoms with van der Waals surface area (Å²) in [7, 11) is 0. The van der Waals surface area contributed by atoms with Crippen LogP contribution in [0.25, 0.3) is 0 Å². The minimum absolute atomic E-state index is 0.0152. The highest BCUT2D eigenvalue weighted by Gasteiger charge is 2.59. The summed E-state index contributed by atoms with van der Waals surface area (Å²) in [6.07, 6.45) is 5.21. The van der Waals surface area contributed by atoms with Gasteiger partial charge in [-0.05, 0) is 48.9 Å². The first-order valence-corrected chi connectivity index (χ1v) is 7.69. The molecule has 4 atom stereocenters. The molecule has 0 radical (unpaired) electrons. The molecule has 1 aromatic rings. The Balaban J connectivity index is 1.76. The van der Waals surface area contributed by atoms with Crippen molar-refractivity contribution in [2.24, 2.45) is 23.7 Å². The van der Waals surface area contributed by atoms with Crippen molar-refractivity contribution in [1.82, 2.24) is 0 Å². The van der Waals surface area contributed by atoms with Gasteiger partial charge >= 0.3 is 0 Å². The summed E-state index contributed by atoms with van der Waals surface area (Å²) < 4.78 is 0.988. The van der Waals surface area contributed by atoms with E-state index in [-0.39, 0.29) is 35.5 Å². The zero-order valence-corrected chi connectivity index (χ0v) is 12.6. The standard InChI is InChI=1S/C16H14BrNO2/c1-8-6-11(4-5-12(8)17)18-15(19)13-9-2-3-10(7-9)14(13)16(18)20/h2-6,9-10,13-14H,7H2,1H3/t9-,10+,13-,14-/m0/s1. The second-order valence-corrected chi connectivity index (χ2v) is 6.80. The fourth-order valence-corrected chi connectivity index (χ4v) is 4.17. The molecule has 2 bridgehead atoms. The Morgan fingerprint density at radius 2 is 1.70 bits per heavy atom. The number of carbonyl (C=O) groups is 2. The molecule has 102 valence electrons. The Morgan fingerprint density at radius 3 is 2.25 bits per heavy atom. The molecule has 2 fully saturated rings. The fourth-order valence-electron chi connectivity index (χ4n) is 3.92. The second kappa shape index (κ2) is 4.04. The van der Waals surface area contributed by atoms with E-state index < -0.39 is 0 Å². The Bertz CT molecular complexity index is 636. The third kappa shape index (κ3) is 1.46. The molecule has 3 nitrogen and oxygen atoms in total. The highest BCUT2D eigenvalue weighted by Crippen LogP contribution is 2.53. The van der Waals surface area contributed by atoms with Gasteiger partial charge in [0.25, 0.3) is 0 Å². The normalized spacial score (nSPS) is 34.2. The van der Waals surface area contributed by atoms with Gasteiger partial charge in [-0.1, -0.05) is 28.1 Å². The van der Waals surface area contributed by atoms with Gasteiger partial charge in [0.2, 0.25) is 11.8 Å². The highest BCUT2D eigenvalue weighted by atomic mass is 79.9. The number of allylic oxidation sites excluding steroid dienone is 2. The number of amides is 2. The first-order valence-electron chi connectivity index (χ1n) is 6.90. The molecule has 0 aromatic heterocycles. The molecule has 0 spiro atoms. The molecule has 1 saturated heterocycles. The molecule has 3 aliphatic rings. The van der Waals surface area contributed by atoms with Crippen LogP contribution in [-0.4, -0.2) is 11.8 Å². The van der Waals surface area contributed by atoms with Crippen molar-refractivity contribution in [3.63, 3.8) is 0 Å². The zero-order chi connectivity index (χ0) is 14.0. The number of benzene rings is 1. The van der Waals surface area contributed by atoms with Gasteiger partial charge in [-0.25, -0.2) is 0 Å². The summed E-state index contributed by atoms with van der Waals surface area (Å²) in [5, 5.41) is 0. The third-order valence-electron chi connectivity index (χ3n) is 4.87. The van der Waals surface area contributed by atoms with E-state index in [1.54, 1.807) is 0 Å². The van der Waals surface area contributed by atoms with Crippen molar-refractivity contribution in [3.8, 4) is 0 Å². The SMILES string of the molecule is Cc1cc(N2C(=O)[C@@H]3[C@@H](C2=O)[C@H]2C=C[C@@H]3C2)ccc1Br. The van der Waals surface area contributed by atoms with E-state index >= 15 is 0 Å². The van der Waals surface area contributed by atoms with Gasteiger partial charge in [-0.15, -0.1) is 0 Å². The van der Waals surface area contributed by atoms with Crippen LogP contribution in [-0.2, 0) is 9.59 Å². The number of imide groups is 1. The minimum Gasteiger partial charge on any atom is -0.274 e. The van der Waals surface area contributed by atoms with Gasteiger partial charge in [0.05, 0.1) is 17.5 Å². The van der Waals surface area contributed by atoms with E-state index in [9.17, 15) is 9.59 Å². The quantitative estimate of drug-likeness (QED) is 0.585. The van der Waals surface area contributed by atoms with Gasteiger partial charge in [0.1, 0.15) is 0 Å². The van der Waals surface area contributed by atoms with E-state index in [1.807, 2.05) is 25.1 Å². The molecule has 1 aromatic carbocycles. The number of hydrogen-bond donors (Lipinski definition) is 0. The molecule has 4 heteroatoms. The van der Waals surface area contributed by atoms with Gasteiger partial charge < -0.3 is 0 Å². The molecule has 0 N–H and O–H groups in total. The maximum atomic E-state index is 12.6. The number of carbonyl (C=O) groups excluding carboxylic acids is 2. The molecule has 20 heavy (non-hydrogen) atoms. The third-order valence-corrected chi connectivity index (χ3v) is 5.76. The van der Waals surface area contributed by atoms with E-state index in [2.05, 4.69) is 28.1 Å². The van der Waals surface area contributed by atoms with E-state index in [0.29, 0.717) is 5.69 Å². The summed E-state index contributed by atoms with van der Waals surface area (Å²) in [6.45, 7) is 1.96. The number of halogens is 1. The average molecular weight is 332 g/mol. The number of anilines is 1. The lowest BCUT2D eigenvalue weighted by molar-refractivity contribution is -0.123. The van der Waals surface area contributed by atoms with Crippen molar-refractivity contribution < 1.29 is 9.59 Å². The lowest BCUT2D eigenvalue weighted by Crippen LogP contribution is -2.32. The number of fused-ring (bicyclic) bond motifs is 5. The number of hydrogen-bond acceptors (Lipinski definition) is 2. The summed E-state index contributed by atoms with van der Waals surface area (Å²) in [4.78, 5) is 26.7. The first kappa shape index (κ1) is 12.3. The van der Waals surface area contributed by atoms with Gasteiger partial charge in [0, 0.05) is 4.47 Å². The fraction of sp³-hybridized carbons (Fsp3) is 0.375. The van der Waals surface area contributed by atoms with Gasteiger partial charge in [0.15, 0.2) is 0 Å². The van der Waals surface area contributed by atoms with Crippen molar-refractivity contribution in [1.29, 1.82) is 0 Å². The van der Waals surface area contributed by atoms with Crippen molar-refractivity contribution in [3.05, 3.63) is 40.4 Å². The lowest BCUT2D eigenvalue weighted by Gasteiger charge is -2.18. The van der Waals surface area contributed by atoms with Crippen LogP contribution in [0.15, 0.2) is 34.8 Å². The van der Waals surface area contributed by atoms with E-state index in [1.165, 1.54) is 4.90 Å². The van der Waals surface area contributed by atoms with Crippen molar-refractivity contribution in [2.75, 3.05) is 4.90 Å². The molecule has 4 rings (SSSR count). The van der Waals surface area contributed by atoms with Crippen LogP contribution in [0.5, 0.6) is 0 Å². The van der Waals surface area contributed by atoms with Crippen molar-refractivity contribution >= 4 is 33.4 Å². The molecule has 2 amide bonds. The topological polar surface area (TPSA) is 37.4 Å². The number of nitrogens with zero attached hydrogens (tertiary/aromatic N) is 1. The smallest absolute Gasteiger partial charge is 0.238 e. The minimum atomic E-state index is -0.124. The summed E-state index contributed by atoms with van der Waals surface area (Å²) >= 11 is 3.45. The zero-order valence-electron chi connectivity index (χ0n) is 11.0. The molecular formula is C16H14BrNO2. The average Bonchev–Trinajstić information content (AvgIpc) is 3.08. The van der Waals surface area contributed by atoms with Crippen LogP contribution in [0.3, 0.4) is 0 Å². The highest BCUT2D eigenvalue weighted by molar-refractivity contribution is 9.10. The maximum absolute atomic E-state index is 12.6. The molecule has 1 aliphatic heterocycles. The molecular weight excluding hydrogens is 318 g/mol. The Hall–Kier alpha value is -1.42. The van der Waals surface area contributed by atoms with Gasteiger partial charge in [-0.2, -0.15) is 0 Å².